The van der Waals surface area contributed by atoms with Gasteiger partial charge in [-0.1, -0.05) is 27.7 Å². The zero-order valence-corrected chi connectivity index (χ0v) is 34.2. The Morgan fingerprint density at radius 3 is 2.30 bits per heavy atom. The van der Waals surface area contributed by atoms with Crippen molar-refractivity contribution in [3.05, 3.63) is 71.4 Å². The molecule has 0 unspecified atom stereocenters. The van der Waals surface area contributed by atoms with Gasteiger partial charge in [-0.2, -0.15) is 0 Å². The van der Waals surface area contributed by atoms with Crippen molar-refractivity contribution in [1.29, 1.82) is 0 Å². The van der Waals surface area contributed by atoms with Crippen LogP contribution in [0.4, 0.5) is 29.3 Å². The lowest BCUT2D eigenvalue weighted by atomic mass is 9.85. The molecule has 3 aromatic rings. The average Bonchev–Trinajstić information content (AvgIpc) is 3.08. The lowest BCUT2D eigenvalue weighted by molar-refractivity contribution is -0.0950. The van der Waals surface area contributed by atoms with Crippen LogP contribution in [-0.2, 0) is 30.8 Å². The summed E-state index contributed by atoms with van der Waals surface area (Å²) < 4.78 is 70.3. The number of hydrogen-bond donors (Lipinski definition) is 2. The highest BCUT2D eigenvalue weighted by atomic mass is 28.4. The molecule has 2 N–H and O–H groups in total. The fourth-order valence-electron chi connectivity index (χ4n) is 6.88. The molecule has 2 aliphatic heterocycles. The maximum atomic E-state index is 15.7. The van der Waals surface area contributed by atoms with Crippen LogP contribution >= 0.6 is 0 Å². The summed E-state index contributed by atoms with van der Waals surface area (Å²) in [5, 5.41) is 6.43. The molecule has 2 aliphatic rings. The number of amides is 1. The van der Waals surface area contributed by atoms with Gasteiger partial charge in [0.05, 0.1) is 53.1 Å². The summed E-state index contributed by atoms with van der Waals surface area (Å²) in [4.78, 5) is 24.0. The molecule has 3 atom stereocenters. The number of anilines is 2. The van der Waals surface area contributed by atoms with Gasteiger partial charge >= 0.3 is 6.09 Å². The highest BCUT2D eigenvalue weighted by Gasteiger charge is 2.45. The lowest BCUT2D eigenvalue weighted by Gasteiger charge is -2.48. The highest BCUT2D eigenvalue weighted by Crippen LogP contribution is 2.41. The third-order valence-electron chi connectivity index (χ3n) is 10.8. The van der Waals surface area contributed by atoms with Gasteiger partial charge in [-0.3, -0.25) is 4.98 Å². The predicted octanol–water partition coefficient (Wildman–Crippen LogP) is 8.56. The molecule has 5 rings (SSSR count). The van der Waals surface area contributed by atoms with Crippen LogP contribution < -0.4 is 15.5 Å². The normalized spacial score (nSPS) is 20.8. The van der Waals surface area contributed by atoms with E-state index >= 15 is 13.2 Å². The van der Waals surface area contributed by atoms with Crippen molar-refractivity contribution >= 4 is 25.8 Å². The van der Waals surface area contributed by atoms with Crippen LogP contribution in [0.5, 0.6) is 0 Å². The van der Waals surface area contributed by atoms with E-state index in [2.05, 4.69) is 66.3 Å². The molecule has 1 amide bonds. The molecule has 0 radical (unpaired) electrons. The van der Waals surface area contributed by atoms with Gasteiger partial charge in [0.25, 0.3) is 0 Å². The summed E-state index contributed by atoms with van der Waals surface area (Å²) in [5.74, 6) is -2.68. The fraction of sp³-hybridized carbons (Fsp3) is 0.575. The van der Waals surface area contributed by atoms with Gasteiger partial charge in [0.1, 0.15) is 28.7 Å². The number of carbonyl (C=O) groups excluding carboxylic acids is 1. The van der Waals surface area contributed by atoms with E-state index in [1.165, 1.54) is 25.3 Å². The molecular formula is C40H56F3N5O5Si. The fourth-order valence-corrected chi connectivity index (χ4v) is 8.31. The minimum absolute atomic E-state index is 0.0246. The van der Waals surface area contributed by atoms with Gasteiger partial charge in [-0.15, -0.1) is 0 Å². The zero-order valence-electron chi connectivity index (χ0n) is 33.2. The first-order chi connectivity index (χ1) is 25.2. The number of benzene rings is 1. The Bertz CT molecular complexity index is 1770. The molecule has 2 saturated heterocycles. The molecule has 2 fully saturated rings. The number of hydrogen-bond acceptors (Lipinski definition) is 9. The largest absolute Gasteiger partial charge is 0.444 e. The van der Waals surface area contributed by atoms with E-state index in [9.17, 15) is 4.79 Å². The Labute approximate surface area is 318 Å². The lowest BCUT2D eigenvalue weighted by Crippen LogP contribution is -2.62. The number of nitrogens with zero attached hydrogens (tertiary/aromatic N) is 3. The first-order valence-corrected chi connectivity index (χ1v) is 21.5. The first kappa shape index (κ1) is 41.4. The summed E-state index contributed by atoms with van der Waals surface area (Å²) in [5.41, 5.74) is -0.338. The summed E-state index contributed by atoms with van der Waals surface area (Å²) >= 11 is 0. The summed E-state index contributed by atoms with van der Waals surface area (Å²) in [6, 6.07) is 6.53. The van der Waals surface area contributed by atoms with Crippen molar-refractivity contribution in [1.82, 2.24) is 15.3 Å². The number of pyridine rings is 2. The van der Waals surface area contributed by atoms with E-state index in [-0.39, 0.29) is 29.6 Å². The number of nitrogens with one attached hydrogen (secondary N) is 2. The van der Waals surface area contributed by atoms with Crippen molar-refractivity contribution in [2.24, 2.45) is 5.92 Å². The number of ether oxygens (including phenoxy) is 3. The molecule has 10 nitrogen and oxygen atoms in total. The smallest absolute Gasteiger partial charge is 0.408 e. The molecule has 0 aliphatic carbocycles. The predicted molar refractivity (Wildman–Crippen MR) is 206 cm³/mol. The SMILES string of the molecule is COC1(c2cc(F)c(-c3nc(CNc4cnccc4N4C[C@H](C)[C@@H](O[Si](C)(C)C(C)(C)C)[C@H](NC(=O)OC(C)(C)C)C4)ccc3F)c(F)c2)CCOCC1. The maximum absolute atomic E-state index is 15.7. The average molecular weight is 772 g/mol. The minimum atomic E-state index is -2.22. The van der Waals surface area contributed by atoms with Crippen LogP contribution in [0.25, 0.3) is 11.3 Å². The van der Waals surface area contributed by atoms with E-state index in [0.717, 1.165) is 11.8 Å². The Balaban J connectivity index is 1.38. The van der Waals surface area contributed by atoms with Gasteiger partial charge in [0.15, 0.2) is 8.32 Å². The number of piperidine rings is 1. The van der Waals surface area contributed by atoms with Crippen molar-refractivity contribution in [3.8, 4) is 11.3 Å². The van der Waals surface area contributed by atoms with Crippen LogP contribution in [0.3, 0.4) is 0 Å². The zero-order chi connectivity index (χ0) is 39.6. The summed E-state index contributed by atoms with van der Waals surface area (Å²) in [6.45, 7) is 20.6. The van der Waals surface area contributed by atoms with Gasteiger partial charge in [0, 0.05) is 58.4 Å². The van der Waals surface area contributed by atoms with Gasteiger partial charge in [-0.05, 0) is 74.8 Å². The molecule has 0 saturated carbocycles. The van der Waals surface area contributed by atoms with Gasteiger partial charge < -0.3 is 34.2 Å². The van der Waals surface area contributed by atoms with Crippen LogP contribution in [0.2, 0.25) is 18.1 Å². The van der Waals surface area contributed by atoms with Crippen LogP contribution in [0.1, 0.15) is 72.6 Å². The van der Waals surface area contributed by atoms with Gasteiger partial charge in [-0.25, -0.2) is 22.9 Å². The van der Waals surface area contributed by atoms with Crippen LogP contribution in [0.15, 0.2) is 42.7 Å². The Morgan fingerprint density at radius 1 is 1.02 bits per heavy atom. The molecular weight excluding hydrogens is 716 g/mol. The van der Waals surface area contributed by atoms with E-state index in [1.807, 2.05) is 26.8 Å². The molecule has 14 heteroatoms. The van der Waals surface area contributed by atoms with Crippen molar-refractivity contribution in [2.45, 2.75) is 109 Å². The number of carbonyl (C=O) groups is 1. The van der Waals surface area contributed by atoms with Crippen molar-refractivity contribution < 1.29 is 36.6 Å². The van der Waals surface area contributed by atoms with E-state index in [0.29, 0.717) is 56.1 Å². The van der Waals surface area contributed by atoms with E-state index < -0.39 is 54.3 Å². The third-order valence-corrected chi connectivity index (χ3v) is 15.3. The standard InChI is InChI=1S/C40H56F3N5O5Si/c1-25-23-48(24-32(47-37(49)52-38(2,3)4)36(25)53-54(9,10)39(5,6)7)33-13-16-44-22-31(33)45-21-27-11-12-28(41)35(46-27)34-29(42)19-26(20-30(34)43)40(50-8)14-17-51-18-15-40/h11-13,16,19-20,22,25,32,36,45H,14-15,17-18,21,23-24H2,1-10H3,(H,47,49)/t25-,32+,36+/m0/s1. The molecule has 2 aromatic heterocycles. The summed E-state index contributed by atoms with van der Waals surface area (Å²) in [7, 11) is -0.710. The number of halogens is 3. The molecule has 4 heterocycles. The second-order valence-corrected chi connectivity index (χ2v) is 21.7. The minimum Gasteiger partial charge on any atom is -0.444 e. The second-order valence-electron chi connectivity index (χ2n) is 17.0. The molecule has 54 heavy (non-hydrogen) atoms. The molecule has 1 aromatic carbocycles. The van der Waals surface area contributed by atoms with E-state index in [1.54, 1.807) is 12.4 Å². The topological polar surface area (TPSA) is 107 Å². The Hall–Kier alpha value is -3.72. The number of alkyl carbamates (subject to hydrolysis) is 1. The number of aromatic nitrogens is 2. The van der Waals surface area contributed by atoms with Crippen LogP contribution in [-0.4, -0.2) is 75.5 Å². The van der Waals surface area contributed by atoms with Crippen molar-refractivity contribution in [2.75, 3.05) is 43.6 Å². The second kappa shape index (κ2) is 16.2. The molecule has 0 spiro atoms. The monoisotopic (exact) mass is 771 g/mol. The Kier molecular flexibility index (Phi) is 12.4. The Morgan fingerprint density at radius 2 is 1.69 bits per heavy atom. The quantitative estimate of drug-likeness (QED) is 0.196. The number of rotatable bonds is 10. The molecule has 296 valence electrons. The van der Waals surface area contributed by atoms with Crippen LogP contribution in [0, 0.1) is 23.4 Å². The highest BCUT2D eigenvalue weighted by molar-refractivity contribution is 6.74. The van der Waals surface area contributed by atoms with E-state index in [4.69, 9.17) is 18.6 Å². The first-order valence-electron chi connectivity index (χ1n) is 18.6. The van der Waals surface area contributed by atoms with Gasteiger partial charge in [0.2, 0.25) is 0 Å². The maximum Gasteiger partial charge on any atom is 0.408 e. The van der Waals surface area contributed by atoms with Crippen molar-refractivity contribution in [3.63, 3.8) is 0 Å². The molecule has 0 bridgehead atoms. The summed E-state index contributed by atoms with van der Waals surface area (Å²) in [6.07, 6.45) is 3.49. The number of methoxy groups -OCH3 is 1. The third kappa shape index (κ3) is 9.38.